The van der Waals surface area contributed by atoms with E-state index in [2.05, 4.69) is 13.8 Å². The zero-order chi connectivity index (χ0) is 12.9. The van der Waals surface area contributed by atoms with Crippen LogP contribution in [0.2, 0.25) is 0 Å². The summed E-state index contributed by atoms with van der Waals surface area (Å²) in [5, 5.41) is 8.78. The predicted octanol–water partition coefficient (Wildman–Crippen LogP) is 1.91. The van der Waals surface area contributed by atoms with Gasteiger partial charge in [-0.25, -0.2) is 4.79 Å². The summed E-state index contributed by atoms with van der Waals surface area (Å²) in [4.78, 5) is 24.1. The number of rotatable bonds is 5. The smallest absolute Gasteiger partial charge is 0.331 e. The van der Waals surface area contributed by atoms with Gasteiger partial charge in [-0.1, -0.05) is 20.3 Å². The van der Waals surface area contributed by atoms with Gasteiger partial charge in [0.1, 0.15) is 0 Å². The molecule has 0 saturated heterocycles. The van der Waals surface area contributed by atoms with Crippen LogP contribution in [0.25, 0.3) is 0 Å². The largest absolute Gasteiger partial charge is 0.478 e. The SMILES string of the molecule is CCC(C)CN(C)C(=O)C(C)=C(C)C(=O)O. The number of hydrogen-bond acceptors (Lipinski definition) is 2. The van der Waals surface area contributed by atoms with E-state index in [0.717, 1.165) is 6.42 Å². The molecule has 0 aliphatic heterocycles. The minimum atomic E-state index is -1.04. The molecule has 1 unspecified atom stereocenters. The Morgan fingerprint density at radius 2 is 1.75 bits per heavy atom. The second-order valence-corrected chi connectivity index (χ2v) is 4.25. The molecule has 0 aromatic heterocycles. The van der Waals surface area contributed by atoms with Crippen LogP contribution in [0.4, 0.5) is 0 Å². The number of carbonyl (C=O) groups excluding carboxylic acids is 1. The van der Waals surface area contributed by atoms with Gasteiger partial charge in [0.25, 0.3) is 0 Å². The lowest BCUT2D eigenvalue weighted by molar-refractivity contribution is -0.133. The van der Waals surface area contributed by atoms with E-state index in [1.807, 2.05) is 0 Å². The lowest BCUT2D eigenvalue weighted by atomic mass is 10.1. The first kappa shape index (κ1) is 14.7. The summed E-state index contributed by atoms with van der Waals surface area (Å²) < 4.78 is 0. The third-order valence-corrected chi connectivity index (χ3v) is 2.83. The summed E-state index contributed by atoms with van der Waals surface area (Å²) in [5.74, 6) is -0.824. The van der Waals surface area contributed by atoms with Gasteiger partial charge in [0.2, 0.25) is 5.91 Å². The fourth-order valence-electron chi connectivity index (χ4n) is 1.29. The molecular formula is C12H21NO3. The van der Waals surface area contributed by atoms with Crippen molar-refractivity contribution in [3.63, 3.8) is 0 Å². The fraction of sp³-hybridized carbons (Fsp3) is 0.667. The average Bonchev–Trinajstić information content (AvgIpc) is 2.25. The molecule has 0 saturated carbocycles. The summed E-state index contributed by atoms with van der Waals surface area (Å²) in [6, 6.07) is 0. The molecule has 0 aromatic carbocycles. The van der Waals surface area contributed by atoms with Crippen molar-refractivity contribution in [3.05, 3.63) is 11.1 Å². The molecule has 1 amide bonds. The molecule has 0 rings (SSSR count). The van der Waals surface area contributed by atoms with Gasteiger partial charge in [0.15, 0.2) is 0 Å². The zero-order valence-corrected chi connectivity index (χ0v) is 10.7. The standard InChI is InChI=1S/C12H21NO3/c1-6-8(2)7-13(5)11(14)9(3)10(4)12(15)16/h8H,6-7H2,1-5H3,(H,15,16). The second-order valence-electron chi connectivity index (χ2n) is 4.25. The van der Waals surface area contributed by atoms with Crippen LogP contribution >= 0.6 is 0 Å². The van der Waals surface area contributed by atoms with E-state index in [1.54, 1.807) is 18.9 Å². The number of carboxylic acids is 1. The van der Waals surface area contributed by atoms with E-state index in [9.17, 15) is 9.59 Å². The van der Waals surface area contributed by atoms with Crippen molar-refractivity contribution in [2.45, 2.75) is 34.1 Å². The molecule has 16 heavy (non-hydrogen) atoms. The molecular weight excluding hydrogens is 206 g/mol. The van der Waals surface area contributed by atoms with Gasteiger partial charge >= 0.3 is 5.97 Å². The summed E-state index contributed by atoms with van der Waals surface area (Å²) in [5.41, 5.74) is 0.416. The van der Waals surface area contributed by atoms with Crippen LogP contribution < -0.4 is 0 Å². The minimum Gasteiger partial charge on any atom is -0.478 e. The Balaban J connectivity index is 4.68. The Hall–Kier alpha value is -1.32. The third-order valence-electron chi connectivity index (χ3n) is 2.83. The van der Waals surface area contributed by atoms with Crippen molar-refractivity contribution in [2.75, 3.05) is 13.6 Å². The number of nitrogens with zero attached hydrogens (tertiary/aromatic N) is 1. The van der Waals surface area contributed by atoms with E-state index in [4.69, 9.17) is 5.11 Å². The molecule has 0 radical (unpaired) electrons. The van der Waals surface area contributed by atoms with E-state index < -0.39 is 5.97 Å². The van der Waals surface area contributed by atoms with Crippen LogP contribution in [0.15, 0.2) is 11.1 Å². The Morgan fingerprint density at radius 1 is 1.25 bits per heavy atom. The van der Waals surface area contributed by atoms with Gasteiger partial charge in [-0.15, -0.1) is 0 Å². The van der Waals surface area contributed by atoms with Crippen molar-refractivity contribution in [2.24, 2.45) is 5.92 Å². The van der Waals surface area contributed by atoms with E-state index in [1.165, 1.54) is 6.92 Å². The zero-order valence-electron chi connectivity index (χ0n) is 10.7. The van der Waals surface area contributed by atoms with E-state index in [0.29, 0.717) is 18.0 Å². The molecule has 1 atom stereocenters. The molecule has 0 spiro atoms. The van der Waals surface area contributed by atoms with Crippen LogP contribution in [-0.2, 0) is 9.59 Å². The van der Waals surface area contributed by atoms with Gasteiger partial charge in [0, 0.05) is 24.7 Å². The number of carbonyl (C=O) groups is 2. The molecule has 4 nitrogen and oxygen atoms in total. The lowest BCUT2D eigenvalue weighted by Crippen LogP contribution is -2.32. The molecule has 0 aliphatic rings. The second kappa shape index (κ2) is 6.30. The summed E-state index contributed by atoms with van der Waals surface area (Å²) in [7, 11) is 1.70. The number of hydrogen-bond donors (Lipinski definition) is 1. The van der Waals surface area contributed by atoms with E-state index >= 15 is 0 Å². The molecule has 1 N–H and O–H groups in total. The summed E-state index contributed by atoms with van der Waals surface area (Å²) in [6.07, 6.45) is 0.998. The van der Waals surface area contributed by atoms with Crippen molar-refractivity contribution in [3.8, 4) is 0 Å². The lowest BCUT2D eigenvalue weighted by Gasteiger charge is -2.21. The maximum absolute atomic E-state index is 11.8. The van der Waals surface area contributed by atoms with Crippen LogP contribution in [0.1, 0.15) is 34.1 Å². The van der Waals surface area contributed by atoms with Crippen molar-refractivity contribution < 1.29 is 14.7 Å². The third kappa shape index (κ3) is 4.04. The van der Waals surface area contributed by atoms with Gasteiger partial charge in [0.05, 0.1) is 0 Å². The van der Waals surface area contributed by atoms with Crippen molar-refractivity contribution in [1.82, 2.24) is 4.90 Å². The molecule has 0 bridgehead atoms. The number of carboxylic acid groups (broad SMARTS) is 1. The maximum atomic E-state index is 11.8. The summed E-state index contributed by atoms with van der Waals surface area (Å²) >= 11 is 0. The first-order chi connectivity index (χ1) is 7.31. The van der Waals surface area contributed by atoms with Crippen molar-refractivity contribution in [1.29, 1.82) is 0 Å². The minimum absolute atomic E-state index is 0.112. The quantitative estimate of drug-likeness (QED) is 0.730. The number of amides is 1. The molecule has 0 aliphatic carbocycles. The Morgan fingerprint density at radius 3 is 2.12 bits per heavy atom. The van der Waals surface area contributed by atoms with Crippen LogP contribution in [-0.4, -0.2) is 35.5 Å². The number of aliphatic carboxylic acids is 1. The molecule has 4 heteroatoms. The Bertz CT molecular complexity index is 307. The Labute approximate surface area is 96.9 Å². The highest BCUT2D eigenvalue weighted by atomic mass is 16.4. The van der Waals surface area contributed by atoms with Crippen LogP contribution in [0, 0.1) is 5.92 Å². The fourth-order valence-corrected chi connectivity index (χ4v) is 1.29. The van der Waals surface area contributed by atoms with E-state index in [-0.39, 0.29) is 11.5 Å². The highest BCUT2D eigenvalue weighted by Crippen LogP contribution is 2.10. The highest BCUT2D eigenvalue weighted by Gasteiger charge is 2.17. The Kier molecular flexibility index (Phi) is 5.78. The van der Waals surface area contributed by atoms with Crippen LogP contribution in [0.5, 0.6) is 0 Å². The average molecular weight is 227 g/mol. The maximum Gasteiger partial charge on any atom is 0.331 e. The molecule has 92 valence electrons. The van der Waals surface area contributed by atoms with Crippen LogP contribution in [0.3, 0.4) is 0 Å². The first-order valence-electron chi connectivity index (χ1n) is 5.47. The molecule has 0 heterocycles. The monoisotopic (exact) mass is 227 g/mol. The van der Waals surface area contributed by atoms with Gasteiger partial charge in [-0.2, -0.15) is 0 Å². The number of likely N-dealkylation sites (N-methyl/N-ethyl adjacent to an activating group) is 1. The summed E-state index contributed by atoms with van der Waals surface area (Å²) in [6.45, 7) is 7.78. The van der Waals surface area contributed by atoms with Gasteiger partial charge in [-0.3, -0.25) is 4.79 Å². The normalized spacial score (nSPS) is 14.1. The van der Waals surface area contributed by atoms with Gasteiger partial charge in [-0.05, 0) is 19.8 Å². The molecule has 0 aromatic rings. The predicted molar refractivity (Wildman–Crippen MR) is 63.1 cm³/mol. The highest BCUT2D eigenvalue weighted by molar-refractivity contribution is 6.01. The van der Waals surface area contributed by atoms with Gasteiger partial charge < -0.3 is 10.0 Å². The van der Waals surface area contributed by atoms with Crippen molar-refractivity contribution >= 4 is 11.9 Å². The topological polar surface area (TPSA) is 57.6 Å². The first-order valence-corrected chi connectivity index (χ1v) is 5.47. The molecule has 0 fully saturated rings.